The first-order valence-electron chi connectivity index (χ1n) is 4.73. The summed E-state index contributed by atoms with van der Waals surface area (Å²) < 4.78 is 0.824. The van der Waals surface area contributed by atoms with E-state index in [1.807, 2.05) is 18.2 Å². The van der Waals surface area contributed by atoms with E-state index in [9.17, 15) is 5.11 Å². The Morgan fingerprint density at radius 3 is 3.07 bits per heavy atom. The lowest BCUT2D eigenvalue weighted by molar-refractivity contribution is 0.0609. The molecule has 1 saturated heterocycles. The Labute approximate surface area is 91.7 Å². The second-order valence-electron chi connectivity index (χ2n) is 3.78. The van der Waals surface area contributed by atoms with E-state index in [2.05, 4.69) is 26.2 Å². The maximum Gasteiger partial charge on any atom is 0.106 e. The predicted octanol–water partition coefficient (Wildman–Crippen LogP) is 1.11. The number of pyridine rings is 1. The van der Waals surface area contributed by atoms with Gasteiger partial charge in [-0.3, -0.25) is 0 Å². The van der Waals surface area contributed by atoms with Crippen molar-refractivity contribution in [3.05, 3.63) is 28.5 Å². The molecule has 0 spiro atoms. The zero-order valence-corrected chi connectivity index (χ0v) is 9.42. The second-order valence-corrected chi connectivity index (χ2v) is 4.59. The van der Waals surface area contributed by atoms with Crippen LogP contribution in [0.3, 0.4) is 0 Å². The van der Waals surface area contributed by atoms with Crippen molar-refractivity contribution >= 4 is 15.9 Å². The molecule has 1 fully saturated rings. The van der Waals surface area contributed by atoms with Gasteiger partial charge in [-0.25, -0.2) is 4.98 Å². The van der Waals surface area contributed by atoms with E-state index in [-0.39, 0.29) is 0 Å². The van der Waals surface area contributed by atoms with Gasteiger partial charge in [-0.15, -0.1) is 0 Å². The number of aromatic nitrogens is 1. The molecule has 2 heterocycles. The fourth-order valence-corrected chi connectivity index (χ4v) is 2.15. The molecule has 1 aromatic rings. The molecule has 0 bridgehead atoms. The molecule has 1 aliphatic heterocycles. The van der Waals surface area contributed by atoms with Gasteiger partial charge in [0.1, 0.15) is 4.60 Å². The Hall–Kier alpha value is -0.450. The van der Waals surface area contributed by atoms with Gasteiger partial charge >= 0.3 is 0 Å². The van der Waals surface area contributed by atoms with E-state index >= 15 is 0 Å². The SMILES string of the molecule is OC1(Cc2cccc(Br)n2)CCNC1. The van der Waals surface area contributed by atoms with E-state index < -0.39 is 5.60 Å². The molecule has 14 heavy (non-hydrogen) atoms. The summed E-state index contributed by atoms with van der Waals surface area (Å²) in [5, 5.41) is 13.3. The highest BCUT2D eigenvalue weighted by Crippen LogP contribution is 2.20. The van der Waals surface area contributed by atoms with E-state index in [1.54, 1.807) is 0 Å². The van der Waals surface area contributed by atoms with Gasteiger partial charge in [-0.2, -0.15) is 0 Å². The highest BCUT2D eigenvalue weighted by molar-refractivity contribution is 9.10. The van der Waals surface area contributed by atoms with Crippen LogP contribution >= 0.6 is 15.9 Å². The molecule has 2 N–H and O–H groups in total. The van der Waals surface area contributed by atoms with Crippen molar-refractivity contribution in [1.82, 2.24) is 10.3 Å². The molecule has 1 atom stereocenters. The highest BCUT2D eigenvalue weighted by atomic mass is 79.9. The van der Waals surface area contributed by atoms with E-state index in [1.165, 1.54) is 0 Å². The number of rotatable bonds is 2. The van der Waals surface area contributed by atoms with Crippen molar-refractivity contribution in [1.29, 1.82) is 0 Å². The van der Waals surface area contributed by atoms with Crippen LogP contribution in [0.25, 0.3) is 0 Å². The first kappa shape index (κ1) is 10.1. The molecular weight excluding hydrogens is 244 g/mol. The molecule has 0 radical (unpaired) electrons. The number of hydrogen-bond donors (Lipinski definition) is 2. The van der Waals surface area contributed by atoms with E-state index in [0.717, 1.165) is 23.3 Å². The minimum Gasteiger partial charge on any atom is -0.388 e. The molecular formula is C10H13BrN2O. The van der Waals surface area contributed by atoms with Gasteiger partial charge in [0.05, 0.1) is 5.60 Å². The number of nitrogens with one attached hydrogen (secondary N) is 1. The lowest BCUT2D eigenvalue weighted by Gasteiger charge is -2.20. The lowest BCUT2D eigenvalue weighted by Crippen LogP contribution is -2.34. The fraction of sp³-hybridized carbons (Fsp3) is 0.500. The van der Waals surface area contributed by atoms with Crippen LogP contribution in [0, 0.1) is 0 Å². The van der Waals surface area contributed by atoms with Crippen LogP contribution in [0.1, 0.15) is 12.1 Å². The van der Waals surface area contributed by atoms with Crippen molar-refractivity contribution < 1.29 is 5.11 Å². The van der Waals surface area contributed by atoms with Gasteiger partial charge in [0.15, 0.2) is 0 Å². The second kappa shape index (κ2) is 3.96. The van der Waals surface area contributed by atoms with Gasteiger partial charge in [-0.1, -0.05) is 6.07 Å². The third-order valence-electron chi connectivity index (χ3n) is 2.50. The number of hydrogen-bond acceptors (Lipinski definition) is 3. The van der Waals surface area contributed by atoms with Crippen molar-refractivity contribution in [2.24, 2.45) is 0 Å². The Bertz CT molecular complexity index is 324. The average Bonchev–Trinajstić information content (AvgIpc) is 2.51. The molecule has 0 saturated carbocycles. The summed E-state index contributed by atoms with van der Waals surface area (Å²) in [5.74, 6) is 0. The molecule has 0 aliphatic carbocycles. The Balaban J connectivity index is 2.10. The van der Waals surface area contributed by atoms with E-state index in [0.29, 0.717) is 13.0 Å². The van der Waals surface area contributed by atoms with Crippen LogP contribution in [0.4, 0.5) is 0 Å². The molecule has 1 unspecified atom stereocenters. The Morgan fingerprint density at radius 1 is 1.57 bits per heavy atom. The monoisotopic (exact) mass is 256 g/mol. The molecule has 4 heteroatoms. The zero-order valence-electron chi connectivity index (χ0n) is 7.83. The standard InChI is InChI=1S/C10H13BrN2O/c11-9-3-1-2-8(13-9)6-10(14)4-5-12-7-10/h1-3,12,14H,4-7H2. The minimum atomic E-state index is -0.603. The van der Waals surface area contributed by atoms with Gasteiger partial charge in [0, 0.05) is 18.7 Å². The van der Waals surface area contributed by atoms with Crippen molar-refractivity contribution in [3.63, 3.8) is 0 Å². The average molecular weight is 257 g/mol. The third kappa shape index (κ3) is 2.32. The smallest absolute Gasteiger partial charge is 0.106 e. The molecule has 0 aromatic carbocycles. The quantitative estimate of drug-likeness (QED) is 0.780. The Kier molecular flexibility index (Phi) is 2.85. The first-order chi connectivity index (χ1) is 6.68. The molecule has 2 rings (SSSR count). The summed E-state index contributed by atoms with van der Waals surface area (Å²) in [7, 11) is 0. The van der Waals surface area contributed by atoms with Crippen LogP contribution in [0.2, 0.25) is 0 Å². The van der Waals surface area contributed by atoms with Crippen LogP contribution in [0.5, 0.6) is 0 Å². The molecule has 1 aromatic heterocycles. The van der Waals surface area contributed by atoms with Crippen LogP contribution < -0.4 is 5.32 Å². The molecule has 76 valence electrons. The summed E-state index contributed by atoms with van der Waals surface area (Å²) in [6.45, 7) is 1.56. The van der Waals surface area contributed by atoms with Crippen molar-refractivity contribution in [2.75, 3.05) is 13.1 Å². The zero-order chi connectivity index (χ0) is 10.0. The topological polar surface area (TPSA) is 45.2 Å². The minimum absolute atomic E-state index is 0.603. The molecule has 1 aliphatic rings. The van der Waals surface area contributed by atoms with Gasteiger partial charge in [-0.05, 0) is 41.0 Å². The summed E-state index contributed by atoms with van der Waals surface area (Å²) in [5.41, 5.74) is 0.332. The van der Waals surface area contributed by atoms with Crippen LogP contribution in [0.15, 0.2) is 22.8 Å². The molecule has 0 amide bonds. The normalized spacial score (nSPS) is 26.7. The molecule has 3 nitrogen and oxygen atoms in total. The summed E-state index contributed by atoms with van der Waals surface area (Å²) in [4.78, 5) is 4.31. The maximum atomic E-state index is 10.1. The summed E-state index contributed by atoms with van der Waals surface area (Å²) in [6.07, 6.45) is 1.43. The fourth-order valence-electron chi connectivity index (χ4n) is 1.77. The summed E-state index contributed by atoms with van der Waals surface area (Å²) >= 11 is 3.32. The highest BCUT2D eigenvalue weighted by Gasteiger charge is 2.31. The van der Waals surface area contributed by atoms with Crippen molar-refractivity contribution in [2.45, 2.75) is 18.4 Å². The maximum absolute atomic E-state index is 10.1. The van der Waals surface area contributed by atoms with Gasteiger partial charge in [0.2, 0.25) is 0 Å². The first-order valence-corrected chi connectivity index (χ1v) is 5.52. The number of halogens is 1. The van der Waals surface area contributed by atoms with Crippen LogP contribution in [-0.4, -0.2) is 28.8 Å². The Morgan fingerprint density at radius 2 is 2.43 bits per heavy atom. The van der Waals surface area contributed by atoms with Gasteiger partial charge < -0.3 is 10.4 Å². The van der Waals surface area contributed by atoms with Crippen molar-refractivity contribution in [3.8, 4) is 0 Å². The van der Waals surface area contributed by atoms with Crippen LogP contribution in [-0.2, 0) is 6.42 Å². The van der Waals surface area contributed by atoms with Gasteiger partial charge in [0.25, 0.3) is 0 Å². The summed E-state index contributed by atoms with van der Waals surface area (Å²) in [6, 6.07) is 5.78. The lowest BCUT2D eigenvalue weighted by atomic mass is 9.97. The largest absolute Gasteiger partial charge is 0.388 e. The number of nitrogens with zero attached hydrogens (tertiary/aromatic N) is 1. The number of β-amino-alcohol motifs (C(OH)–C–C–N with tert-alkyl or cyclic N) is 1. The predicted molar refractivity (Wildman–Crippen MR) is 58.1 cm³/mol. The number of aliphatic hydroxyl groups is 1. The third-order valence-corrected chi connectivity index (χ3v) is 2.95. The van der Waals surface area contributed by atoms with E-state index in [4.69, 9.17) is 0 Å².